The van der Waals surface area contributed by atoms with E-state index in [4.69, 9.17) is 0 Å². The molecule has 0 bridgehead atoms. The average molecular weight is 219 g/mol. The van der Waals surface area contributed by atoms with Crippen molar-refractivity contribution in [3.63, 3.8) is 0 Å². The van der Waals surface area contributed by atoms with E-state index in [1.54, 1.807) is 0 Å². The van der Waals surface area contributed by atoms with Crippen LogP contribution in [0.15, 0.2) is 24.3 Å². The Morgan fingerprint density at radius 3 is 2.19 bits per heavy atom. The van der Waals surface area contributed by atoms with Crippen molar-refractivity contribution in [1.29, 1.82) is 0 Å². The molecule has 0 heterocycles. The van der Waals surface area contributed by atoms with Gasteiger partial charge in [-0.05, 0) is 36.9 Å². The normalized spacial score (nSPS) is 14.8. The van der Waals surface area contributed by atoms with E-state index in [2.05, 4.69) is 57.3 Å². The molecule has 1 rings (SSSR count). The van der Waals surface area contributed by atoms with Crippen LogP contribution in [0, 0.1) is 0 Å². The van der Waals surface area contributed by atoms with Crippen molar-refractivity contribution >= 4 is 0 Å². The Bertz CT molecular complexity index is 289. The molecule has 1 nitrogen and oxygen atoms in total. The molecule has 0 aliphatic rings. The number of rotatable bonds is 6. The molecule has 0 amide bonds. The molecular weight excluding hydrogens is 194 g/mol. The Labute approximate surface area is 100 Å². The van der Waals surface area contributed by atoms with Gasteiger partial charge in [-0.2, -0.15) is 0 Å². The summed E-state index contributed by atoms with van der Waals surface area (Å²) in [6.45, 7) is 9.98. The van der Waals surface area contributed by atoms with Gasteiger partial charge in [-0.1, -0.05) is 51.5 Å². The Morgan fingerprint density at radius 2 is 1.69 bits per heavy atom. The number of nitrogens with one attached hydrogen (secondary N) is 1. The molecule has 0 aliphatic carbocycles. The van der Waals surface area contributed by atoms with Gasteiger partial charge in [0.05, 0.1) is 0 Å². The Morgan fingerprint density at radius 1 is 1.06 bits per heavy atom. The van der Waals surface area contributed by atoms with Gasteiger partial charge in [0.1, 0.15) is 0 Å². The van der Waals surface area contributed by atoms with Crippen LogP contribution in [0.25, 0.3) is 0 Å². The van der Waals surface area contributed by atoms with Gasteiger partial charge in [0.2, 0.25) is 0 Å². The highest BCUT2D eigenvalue weighted by Crippen LogP contribution is 2.19. The number of aryl methyl sites for hydroxylation is 1. The molecule has 0 aliphatic heterocycles. The van der Waals surface area contributed by atoms with Gasteiger partial charge in [-0.15, -0.1) is 0 Å². The van der Waals surface area contributed by atoms with E-state index >= 15 is 0 Å². The van der Waals surface area contributed by atoms with Gasteiger partial charge in [-0.25, -0.2) is 0 Å². The fourth-order valence-electron chi connectivity index (χ4n) is 2.06. The minimum Gasteiger partial charge on any atom is -0.314 e. The number of hydrogen-bond donors (Lipinski definition) is 1. The molecule has 1 N–H and O–H groups in total. The number of hydrogen-bond acceptors (Lipinski definition) is 1. The van der Waals surface area contributed by atoms with Crippen molar-refractivity contribution in [3.05, 3.63) is 35.4 Å². The Kier molecular flexibility index (Phi) is 5.54. The van der Waals surface area contributed by atoms with Crippen LogP contribution in [0.1, 0.15) is 51.2 Å². The van der Waals surface area contributed by atoms with Crippen molar-refractivity contribution in [2.75, 3.05) is 6.54 Å². The monoisotopic (exact) mass is 219 g/mol. The maximum absolute atomic E-state index is 3.48. The lowest BCUT2D eigenvalue weighted by Crippen LogP contribution is -2.30. The molecule has 0 aromatic heterocycles. The third-order valence-electron chi connectivity index (χ3n) is 3.32. The fraction of sp³-hybridized carbons (Fsp3) is 0.600. The number of benzene rings is 1. The second kappa shape index (κ2) is 6.70. The Hall–Kier alpha value is -0.820. The van der Waals surface area contributed by atoms with Crippen LogP contribution >= 0.6 is 0 Å². The van der Waals surface area contributed by atoms with Gasteiger partial charge in [0.25, 0.3) is 0 Å². The average Bonchev–Trinajstić information content (AvgIpc) is 2.30. The summed E-state index contributed by atoms with van der Waals surface area (Å²) < 4.78 is 0. The lowest BCUT2D eigenvalue weighted by molar-refractivity contribution is 0.495. The smallest absolute Gasteiger partial charge is 0.0105 e. The van der Waals surface area contributed by atoms with Crippen molar-refractivity contribution in [2.24, 2.45) is 0 Å². The molecule has 2 unspecified atom stereocenters. The zero-order valence-corrected chi connectivity index (χ0v) is 11.1. The summed E-state index contributed by atoms with van der Waals surface area (Å²) in [5.74, 6) is 0.579. The zero-order chi connectivity index (χ0) is 12.0. The van der Waals surface area contributed by atoms with Gasteiger partial charge in [0, 0.05) is 6.04 Å². The highest BCUT2D eigenvalue weighted by Gasteiger charge is 2.12. The summed E-state index contributed by atoms with van der Waals surface area (Å²) in [6, 6.07) is 9.65. The van der Waals surface area contributed by atoms with E-state index < -0.39 is 0 Å². The third-order valence-corrected chi connectivity index (χ3v) is 3.32. The molecule has 0 spiro atoms. The summed E-state index contributed by atoms with van der Waals surface area (Å²) >= 11 is 0. The predicted molar refractivity (Wildman–Crippen MR) is 72.0 cm³/mol. The fourth-order valence-corrected chi connectivity index (χ4v) is 2.06. The maximum Gasteiger partial charge on any atom is 0.0105 e. The minimum absolute atomic E-state index is 0.544. The quantitative estimate of drug-likeness (QED) is 0.768. The molecule has 1 heteroatoms. The Balaban J connectivity index is 2.65. The topological polar surface area (TPSA) is 12.0 Å². The van der Waals surface area contributed by atoms with Gasteiger partial charge < -0.3 is 5.32 Å². The van der Waals surface area contributed by atoms with E-state index in [1.807, 2.05) is 0 Å². The first-order valence-corrected chi connectivity index (χ1v) is 6.51. The minimum atomic E-state index is 0.544. The molecule has 0 saturated carbocycles. The molecule has 90 valence electrons. The lowest BCUT2D eigenvalue weighted by atomic mass is 9.93. The third kappa shape index (κ3) is 3.64. The molecule has 0 saturated heterocycles. The van der Waals surface area contributed by atoms with E-state index in [1.165, 1.54) is 24.0 Å². The van der Waals surface area contributed by atoms with Crippen LogP contribution in [0.4, 0.5) is 0 Å². The van der Waals surface area contributed by atoms with Crippen LogP contribution in [0.3, 0.4) is 0 Å². The molecule has 16 heavy (non-hydrogen) atoms. The zero-order valence-electron chi connectivity index (χ0n) is 11.1. The van der Waals surface area contributed by atoms with E-state index in [9.17, 15) is 0 Å². The first-order chi connectivity index (χ1) is 7.69. The summed E-state index contributed by atoms with van der Waals surface area (Å²) in [4.78, 5) is 0. The first kappa shape index (κ1) is 13.2. The van der Waals surface area contributed by atoms with Crippen molar-refractivity contribution in [2.45, 2.75) is 52.5 Å². The second-order valence-electron chi connectivity index (χ2n) is 4.63. The van der Waals surface area contributed by atoms with Gasteiger partial charge >= 0.3 is 0 Å². The van der Waals surface area contributed by atoms with Crippen molar-refractivity contribution in [3.8, 4) is 0 Å². The molecule has 0 fully saturated rings. The lowest BCUT2D eigenvalue weighted by Gasteiger charge is -2.21. The van der Waals surface area contributed by atoms with E-state index in [-0.39, 0.29) is 0 Å². The summed E-state index contributed by atoms with van der Waals surface area (Å²) in [7, 11) is 0. The molecule has 1 aromatic rings. The van der Waals surface area contributed by atoms with Crippen molar-refractivity contribution in [1.82, 2.24) is 5.32 Å². The van der Waals surface area contributed by atoms with Crippen LogP contribution in [0.5, 0.6) is 0 Å². The van der Waals surface area contributed by atoms with Crippen molar-refractivity contribution < 1.29 is 0 Å². The van der Waals surface area contributed by atoms with E-state index in [0.717, 1.165) is 6.54 Å². The predicted octanol–water partition coefficient (Wildman–Crippen LogP) is 3.74. The first-order valence-electron chi connectivity index (χ1n) is 6.51. The molecule has 2 atom stereocenters. The highest BCUT2D eigenvalue weighted by molar-refractivity contribution is 5.26. The van der Waals surface area contributed by atoms with Crippen LogP contribution < -0.4 is 5.32 Å². The highest BCUT2D eigenvalue weighted by atomic mass is 14.9. The summed E-state index contributed by atoms with van der Waals surface area (Å²) in [6.07, 6.45) is 2.42. The van der Waals surface area contributed by atoms with Crippen LogP contribution in [0.2, 0.25) is 0 Å². The van der Waals surface area contributed by atoms with Gasteiger partial charge in [0.15, 0.2) is 0 Å². The largest absolute Gasteiger partial charge is 0.314 e. The maximum atomic E-state index is 3.48. The number of likely N-dealkylation sites (N-methyl/N-ethyl adjacent to an activating group) is 1. The molecule has 0 radical (unpaired) electrons. The second-order valence-corrected chi connectivity index (χ2v) is 4.63. The standard InChI is InChI=1S/C15H25N/c1-5-7-14-8-10-15(11-9-14)12(3)13(4)16-6-2/h8-13,16H,5-7H2,1-4H3. The van der Waals surface area contributed by atoms with Gasteiger partial charge in [-0.3, -0.25) is 0 Å². The van der Waals surface area contributed by atoms with Crippen LogP contribution in [-0.4, -0.2) is 12.6 Å². The SMILES string of the molecule is CCCc1ccc(C(C)C(C)NCC)cc1. The summed E-state index contributed by atoms with van der Waals surface area (Å²) in [5.41, 5.74) is 2.89. The molecular formula is C15H25N. The molecule has 1 aromatic carbocycles. The van der Waals surface area contributed by atoms with Crippen LogP contribution in [-0.2, 0) is 6.42 Å². The summed E-state index contributed by atoms with van der Waals surface area (Å²) in [5, 5.41) is 3.48. The van der Waals surface area contributed by atoms with E-state index in [0.29, 0.717) is 12.0 Å².